The van der Waals surface area contributed by atoms with Gasteiger partial charge in [-0.15, -0.1) is 0 Å². The predicted octanol–water partition coefficient (Wildman–Crippen LogP) is 2.87. The molecule has 4 rings (SSSR count). The normalized spacial score (nSPS) is 18.3. The smallest absolute Gasteiger partial charge is 0.251 e. The van der Waals surface area contributed by atoms with Crippen LogP contribution >= 0.6 is 0 Å². The van der Waals surface area contributed by atoms with E-state index < -0.39 is 0 Å². The van der Waals surface area contributed by atoms with Gasteiger partial charge in [-0.05, 0) is 55.9 Å². The van der Waals surface area contributed by atoms with Crippen LogP contribution in [0.5, 0.6) is 0 Å². The molecule has 25 heavy (non-hydrogen) atoms. The molecule has 1 aliphatic carbocycles. The lowest BCUT2D eigenvalue weighted by Gasteiger charge is -2.36. The van der Waals surface area contributed by atoms with Crippen molar-refractivity contribution in [1.82, 2.24) is 15.4 Å². The van der Waals surface area contributed by atoms with E-state index in [-0.39, 0.29) is 5.91 Å². The summed E-state index contributed by atoms with van der Waals surface area (Å²) in [6.07, 6.45) is 6.21. The molecule has 5 heteroatoms. The van der Waals surface area contributed by atoms with Crippen molar-refractivity contribution >= 4 is 5.91 Å². The third-order valence-corrected chi connectivity index (χ3v) is 5.50. The molecule has 1 aliphatic heterocycles. The summed E-state index contributed by atoms with van der Waals surface area (Å²) in [5.41, 5.74) is 4.20. The first-order valence-corrected chi connectivity index (χ1v) is 9.25. The summed E-state index contributed by atoms with van der Waals surface area (Å²) in [5, 5.41) is 6.83. The van der Waals surface area contributed by atoms with Crippen LogP contribution in [-0.2, 0) is 19.4 Å². The maximum atomic E-state index is 12.4. The molecule has 1 fully saturated rings. The van der Waals surface area contributed by atoms with Crippen molar-refractivity contribution in [3.63, 3.8) is 0 Å². The maximum Gasteiger partial charge on any atom is 0.251 e. The molecule has 5 nitrogen and oxygen atoms in total. The number of hydrogen-bond acceptors (Lipinski definition) is 4. The highest BCUT2D eigenvalue weighted by atomic mass is 16.5. The number of aryl methyl sites for hydroxylation is 1. The molecule has 0 unspecified atom stereocenters. The van der Waals surface area contributed by atoms with E-state index in [2.05, 4.69) is 27.5 Å². The van der Waals surface area contributed by atoms with Crippen LogP contribution in [0.1, 0.15) is 52.2 Å². The quantitative estimate of drug-likeness (QED) is 0.930. The summed E-state index contributed by atoms with van der Waals surface area (Å²) in [5.74, 6) is 0.703. The molecule has 2 aromatic rings. The largest absolute Gasteiger partial charge is 0.361 e. The molecule has 1 amide bonds. The number of carbonyl (C=O) groups excluding carboxylic acids is 1. The molecule has 0 atom stereocenters. The number of nitrogens with zero attached hydrogens (tertiary/aromatic N) is 2. The monoisotopic (exact) mass is 339 g/mol. The second kappa shape index (κ2) is 7.00. The summed E-state index contributed by atoms with van der Waals surface area (Å²) in [6, 6.07) is 8.79. The molecule has 2 aliphatic rings. The molecule has 132 valence electrons. The predicted molar refractivity (Wildman–Crippen MR) is 95.5 cm³/mol. The van der Waals surface area contributed by atoms with Gasteiger partial charge in [0.25, 0.3) is 5.91 Å². The average molecular weight is 339 g/mol. The second-order valence-corrected chi connectivity index (χ2v) is 7.22. The first-order chi connectivity index (χ1) is 12.2. The molecule has 0 bridgehead atoms. The summed E-state index contributed by atoms with van der Waals surface area (Å²) in [4.78, 5) is 15.1. The maximum absolute atomic E-state index is 12.4. The van der Waals surface area contributed by atoms with E-state index in [1.807, 2.05) is 19.1 Å². The minimum Gasteiger partial charge on any atom is -0.361 e. The Kier molecular flexibility index (Phi) is 4.57. The van der Waals surface area contributed by atoms with E-state index in [1.165, 1.54) is 30.4 Å². The van der Waals surface area contributed by atoms with Crippen molar-refractivity contribution in [2.75, 3.05) is 13.1 Å². The molecular formula is C20H25N3O2. The lowest BCUT2D eigenvalue weighted by atomic mass is 9.91. The van der Waals surface area contributed by atoms with Crippen LogP contribution < -0.4 is 5.32 Å². The van der Waals surface area contributed by atoms with Gasteiger partial charge in [0.05, 0.1) is 6.54 Å². The molecular weight excluding hydrogens is 314 g/mol. The fourth-order valence-corrected chi connectivity index (χ4v) is 3.77. The molecule has 1 N–H and O–H groups in total. The summed E-state index contributed by atoms with van der Waals surface area (Å²) in [7, 11) is 0. The van der Waals surface area contributed by atoms with Crippen molar-refractivity contribution in [1.29, 1.82) is 0 Å². The van der Waals surface area contributed by atoms with Gasteiger partial charge in [0, 0.05) is 30.8 Å². The zero-order valence-corrected chi connectivity index (χ0v) is 14.8. The first kappa shape index (κ1) is 16.3. The highest BCUT2D eigenvalue weighted by Gasteiger charge is 2.26. The number of aromatic nitrogens is 1. The zero-order valence-electron chi connectivity index (χ0n) is 14.8. The number of benzene rings is 1. The molecule has 0 radical (unpaired) electrons. The van der Waals surface area contributed by atoms with Gasteiger partial charge in [0.2, 0.25) is 0 Å². The van der Waals surface area contributed by atoms with Gasteiger partial charge in [-0.1, -0.05) is 17.6 Å². The van der Waals surface area contributed by atoms with Gasteiger partial charge in [-0.2, -0.15) is 0 Å². The van der Waals surface area contributed by atoms with E-state index in [9.17, 15) is 4.79 Å². The molecule has 0 spiro atoms. The van der Waals surface area contributed by atoms with Crippen molar-refractivity contribution in [3.8, 4) is 0 Å². The lowest BCUT2D eigenvalue weighted by Crippen LogP contribution is -2.41. The Balaban J connectivity index is 1.40. The molecule has 1 saturated carbocycles. The Hall–Kier alpha value is -2.14. The Bertz CT molecular complexity index is 764. The highest BCUT2D eigenvalue weighted by Crippen LogP contribution is 2.27. The number of amides is 1. The van der Waals surface area contributed by atoms with E-state index >= 15 is 0 Å². The van der Waals surface area contributed by atoms with Crippen LogP contribution in [0.3, 0.4) is 0 Å². The number of fused-ring (bicyclic) bond motifs is 1. The fourth-order valence-electron chi connectivity index (χ4n) is 3.77. The van der Waals surface area contributed by atoms with Gasteiger partial charge in [-0.25, -0.2) is 0 Å². The van der Waals surface area contributed by atoms with E-state index in [0.29, 0.717) is 6.54 Å². The fraction of sp³-hybridized carbons (Fsp3) is 0.500. The average Bonchev–Trinajstić information content (AvgIpc) is 2.87. The van der Waals surface area contributed by atoms with Gasteiger partial charge in [-0.3, -0.25) is 9.69 Å². The number of nitrogens with one attached hydrogen (secondary N) is 1. The minimum atomic E-state index is -0.0523. The van der Waals surface area contributed by atoms with Crippen LogP contribution in [0.4, 0.5) is 0 Å². The Labute approximate surface area is 148 Å². The van der Waals surface area contributed by atoms with Crippen molar-refractivity contribution in [3.05, 3.63) is 52.4 Å². The number of carbonyl (C=O) groups is 1. The van der Waals surface area contributed by atoms with Gasteiger partial charge in [0.1, 0.15) is 11.5 Å². The zero-order chi connectivity index (χ0) is 17.2. The third-order valence-electron chi connectivity index (χ3n) is 5.50. The van der Waals surface area contributed by atoms with Crippen LogP contribution in [0, 0.1) is 6.92 Å². The SMILES string of the molecule is Cc1cc(CNC(=O)c2ccc3c(c2)CCN(C2CCC2)CC3)no1. The molecule has 0 saturated heterocycles. The van der Waals surface area contributed by atoms with Gasteiger partial charge < -0.3 is 9.84 Å². The van der Waals surface area contributed by atoms with Crippen LogP contribution in [0.15, 0.2) is 28.8 Å². The standard InChI is InChI=1S/C20H25N3O2/c1-14-11-18(22-25-14)13-21-20(24)17-6-5-15-7-9-23(19-3-2-4-19)10-8-16(15)12-17/h5-6,11-12,19H,2-4,7-10,13H2,1H3,(H,21,24). The van der Waals surface area contributed by atoms with Crippen LogP contribution in [0.25, 0.3) is 0 Å². The first-order valence-electron chi connectivity index (χ1n) is 9.25. The third kappa shape index (κ3) is 3.61. The molecule has 2 heterocycles. The van der Waals surface area contributed by atoms with Gasteiger partial charge in [0.15, 0.2) is 0 Å². The van der Waals surface area contributed by atoms with Crippen molar-refractivity contribution < 1.29 is 9.32 Å². The van der Waals surface area contributed by atoms with Crippen LogP contribution in [-0.4, -0.2) is 35.1 Å². The highest BCUT2D eigenvalue weighted by molar-refractivity contribution is 5.94. The van der Waals surface area contributed by atoms with E-state index in [0.717, 1.165) is 49.0 Å². The number of hydrogen-bond donors (Lipinski definition) is 1. The Morgan fingerprint density at radius 2 is 2.04 bits per heavy atom. The topological polar surface area (TPSA) is 58.4 Å². The minimum absolute atomic E-state index is 0.0523. The summed E-state index contributed by atoms with van der Waals surface area (Å²) < 4.78 is 5.03. The molecule has 1 aromatic heterocycles. The number of rotatable bonds is 4. The Morgan fingerprint density at radius 3 is 2.72 bits per heavy atom. The second-order valence-electron chi connectivity index (χ2n) is 7.22. The van der Waals surface area contributed by atoms with E-state index in [1.54, 1.807) is 0 Å². The summed E-state index contributed by atoms with van der Waals surface area (Å²) in [6.45, 7) is 4.50. The molecule has 1 aromatic carbocycles. The van der Waals surface area contributed by atoms with Crippen molar-refractivity contribution in [2.45, 2.75) is 51.6 Å². The Morgan fingerprint density at radius 1 is 1.24 bits per heavy atom. The van der Waals surface area contributed by atoms with Crippen molar-refractivity contribution in [2.24, 2.45) is 0 Å². The van der Waals surface area contributed by atoms with E-state index in [4.69, 9.17) is 4.52 Å². The van der Waals surface area contributed by atoms with Crippen LogP contribution in [0.2, 0.25) is 0 Å². The van der Waals surface area contributed by atoms with Gasteiger partial charge >= 0.3 is 0 Å². The lowest BCUT2D eigenvalue weighted by molar-refractivity contribution is 0.0950. The summed E-state index contributed by atoms with van der Waals surface area (Å²) >= 11 is 0.